The van der Waals surface area contributed by atoms with Crippen LogP contribution in [0.25, 0.3) is 33.5 Å². The highest BCUT2D eigenvalue weighted by Crippen LogP contribution is 2.33. The second-order valence-electron chi connectivity index (χ2n) is 5.47. The number of benzene rings is 2. The van der Waals surface area contributed by atoms with Gasteiger partial charge in [-0.15, -0.1) is 0 Å². The van der Waals surface area contributed by atoms with Crippen molar-refractivity contribution in [1.29, 1.82) is 0 Å². The first kappa shape index (κ1) is 14.7. The Bertz CT molecular complexity index is 1100. The normalized spacial score (nSPS) is 11.4. The van der Waals surface area contributed by atoms with Gasteiger partial charge < -0.3 is 9.52 Å². The molecule has 2 aromatic carbocycles. The quantitative estimate of drug-likeness (QED) is 0.615. The van der Waals surface area contributed by atoms with Gasteiger partial charge in [-0.2, -0.15) is 5.10 Å². The molecular weight excluding hydrogens is 330 g/mol. The van der Waals surface area contributed by atoms with Gasteiger partial charge in [-0.1, -0.05) is 17.7 Å². The summed E-state index contributed by atoms with van der Waals surface area (Å²) in [5.74, 6) is -0.522. The zero-order valence-corrected chi connectivity index (χ0v) is 13.4. The largest absolute Gasteiger partial charge is 0.481 e. The molecular formula is C17H12ClN3O3. The van der Waals surface area contributed by atoms with Gasteiger partial charge in [-0.05, 0) is 30.3 Å². The monoisotopic (exact) mass is 341 g/mol. The van der Waals surface area contributed by atoms with Crippen molar-refractivity contribution in [1.82, 2.24) is 14.8 Å². The van der Waals surface area contributed by atoms with Gasteiger partial charge in [0.25, 0.3) is 0 Å². The Morgan fingerprint density at radius 2 is 2.17 bits per heavy atom. The molecule has 2 aromatic heterocycles. The molecule has 0 bridgehead atoms. The summed E-state index contributed by atoms with van der Waals surface area (Å²) in [7, 11) is 1.78. The summed E-state index contributed by atoms with van der Waals surface area (Å²) >= 11 is 5.99. The number of oxazole rings is 1. The third kappa shape index (κ3) is 2.32. The maximum atomic E-state index is 11.1. The summed E-state index contributed by atoms with van der Waals surface area (Å²) in [6, 6.07) is 10.8. The highest BCUT2D eigenvalue weighted by molar-refractivity contribution is 6.31. The second-order valence-corrected chi connectivity index (χ2v) is 5.91. The van der Waals surface area contributed by atoms with Crippen LogP contribution in [0.2, 0.25) is 5.02 Å². The van der Waals surface area contributed by atoms with Crippen LogP contribution in [0.3, 0.4) is 0 Å². The van der Waals surface area contributed by atoms with Gasteiger partial charge >= 0.3 is 5.97 Å². The van der Waals surface area contributed by atoms with Crippen molar-refractivity contribution in [2.45, 2.75) is 6.42 Å². The molecule has 0 spiro atoms. The summed E-state index contributed by atoms with van der Waals surface area (Å²) in [6.07, 6.45) is -0.166. The molecule has 4 rings (SSSR count). The van der Waals surface area contributed by atoms with Gasteiger partial charge in [-0.3, -0.25) is 9.48 Å². The lowest BCUT2D eigenvalue weighted by atomic mass is 10.1. The van der Waals surface area contributed by atoms with E-state index >= 15 is 0 Å². The number of hydrogen-bond acceptors (Lipinski definition) is 4. The maximum absolute atomic E-state index is 11.1. The van der Waals surface area contributed by atoms with Crippen LogP contribution in [0.4, 0.5) is 0 Å². The zero-order valence-electron chi connectivity index (χ0n) is 12.7. The van der Waals surface area contributed by atoms with E-state index < -0.39 is 5.97 Å². The average molecular weight is 342 g/mol. The van der Waals surface area contributed by atoms with Crippen molar-refractivity contribution in [2.75, 3.05) is 0 Å². The van der Waals surface area contributed by atoms with E-state index in [9.17, 15) is 4.79 Å². The molecule has 0 unspecified atom stereocenters. The van der Waals surface area contributed by atoms with Crippen LogP contribution in [-0.2, 0) is 18.3 Å². The van der Waals surface area contributed by atoms with Gasteiger partial charge in [0.15, 0.2) is 5.58 Å². The van der Waals surface area contributed by atoms with Crippen molar-refractivity contribution in [3.63, 3.8) is 0 Å². The van der Waals surface area contributed by atoms with E-state index in [2.05, 4.69) is 10.1 Å². The first-order chi connectivity index (χ1) is 11.5. The van der Waals surface area contributed by atoms with E-state index in [0.717, 1.165) is 10.9 Å². The molecule has 0 aliphatic rings. The number of rotatable bonds is 3. The topological polar surface area (TPSA) is 81.2 Å². The minimum absolute atomic E-state index is 0.166. The lowest BCUT2D eigenvalue weighted by Crippen LogP contribution is -2.02. The van der Waals surface area contributed by atoms with E-state index in [-0.39, 0.29) is 6.42 Å². The predicted octanol–water partition coefficient (Wildman–Crippen LogP) is 3.66. The standard InChI is InChI=1S/C17H12ClN3O3/c1-21-13-4-2-3-10(16(13)12(20-21)8-15(22)23)17-19-11-7-9(18)5-6-14(11)24-17/h2-7H,8H2,1H3,(H,22,23). The smallest absolute Gasteiger partial charge is 0.309 e. The van der Waals surface area contributed by atoms with Crippen LogP contribution in [0, 0.1) is 0 Å². The summed E-state index contributed by atoms with van der Waals surface area (Å²) in [6.45, 7) is 0. The first-order valence-corrected chi connectivity index (χ1v) is 7.63. The van der Waals surface area contributed by atoms with Crippen molar-refractivity contribution in [2.24, 2.45) is 7.05 Å². The SMILES string of the molecule is Cn1nc(CC(=O)O)c2c(-c3nc4cc(Cl)ccc4o3)cccc21. The summed E-state index contributed by atoms with van der Waals surface area (Å²) in [4.78, 5) is 15.6. The lowest BCUT2D eigenvalue weighted by molar-refractivity contribution is -0.136. The lowest BCUT2D eigenvalue weighted by Gasteiger charge is -2.00. The van der Waals surface area contributed by atoms with Gasteiger partial charge in [0.05, 0.1) is 17.6 Å². The number of aromatic nitrogens is 3. The van der Waals surface area contributed by atoms with Crippen LogP contribution in [0.5, 0.6) is 0 Å². The van der Waals surface area contributed by atoms with E-state index in [1.165, 1.54) is 0 Å². The molecule has 0 radical (unpaired) electrons. The van der Waals surface area contributed by atoms with Crippen LogP contribution in [0.1, 0.15) is 5.69 Å². The van der Waals surface area contributed by atoms with Gasteiger partial charge in [0.1, 0.15) is 5.52 Å². The summed E-state index contributed by atoms with van der Waals surface area (Å²) < 4.78 is 7.50. The molecule has 2 heterocycles. The molecule has 24 heavy (non-hydrogen) atoms. The number of fused-ring (bicyclic) bond motifs is 2. The third-order valence-electron chi connectivity index (χ3n) is 3.85. The minimum Gasteiger partial charge on any atom is -0.481 e. The van der Waals surface area contributed by atoms with Gasteiger partial charge in [0.2, 0.25) is 5.89 Å². The fourth-order valence-electron chi connectivity index (χ4n) is 2.86. The highest BCUT2D eigenvalue weighted by Gasteiger charge is 2.19. The summed E-state index contributed by atoms with van der Waals surface area (Å²) in [5, 5.41) is 14.8. The number of carboxylic acids is 1. The Hall–Kier alpha value is -2.86. The number of carboxylic acid groups (broad SMARTS) is 1. The Labute approximate surface area is 141 Å². The van der Waals surface area contributed by atoms with E-state index in [1.54, 1.807) is 29.9 Å². The molecule has 4 aromatic rings. The average Bonchev–Trinajstić information content (AvgIpc) is 3.08. The van der Waals surface area contributed by atoms with Gasteiger partial charge in [-0.25, -0.2) is 4.98 Å². The third-order valence-corrected chi connectivity index (χ3v) is 4.08. The molecule has 0 atom stereocenters. The Morgan fingerprint density at radius 3 is 2.96 bits per heavy atom. The van der Waals surface area contributed by atoms with Crippen molar-refractivity contribution < 1.29 is 14.3 Å². The molecule has 0 fully saturated rings. The molecule has 0 aliphatic carbocycles. The molecule has 0 saturated carbocycles. The van der Waals surface area contributed by atoms with Crippen LogP contribution < -0.4 is 0 Å². The van der Waals surface area contributed by atoms with Crippen molar-refractivity contribution in [3.05, 3.63) is 47.1 Å². The minimum atomic E-state index is -0.936. The van der Waals surface area contributed by atoms with E-state index in [1.807, 2.05) is 18.2 Å². The Balaban J connectivity index is 1.99. The number of carbonyl (C=O) groups is 1. The number of halogens is 1. The van der Waals surface area contributed by atoms with Crippen LogP contribution in [-0.4, -0.2) is 25.8 Å². The summed E-state index contributed by atoms with van der Waals surface area (Å²) in [5.41, 5.74) is 3.29. The Kier molecular flexibility index (Phi) is 3.28. The molecule has 6 nitrogen and oxygen atoms in total. The number of nitrogens with zero attached hydrogens (tertiary/aromatic N) is 3. The van der Waals surface area contributed by atoms with Crippen molar-refractivity contribution >= 4 is 39.6 Å². The molecule has 7 heteroatoms. The fraction of sp³-hybridized carbons (Fsp3) is 0.118. The molecule has 0 saturated heterocycles. The molecule has 0 amide bonds. The Morgan fingerprint density at radius 1 is 1.33 bits per heavy atom. The fourth-order valence-corrected chi connectivity index (χ4v) is 3.03. The van der Waals surface area contributed by atoms with Crippen LogP contribution >= 0.6 is 11.6 Å². The van der Waals surface area contributed by atoms with E-state index in [0.29, 0.717) is 33.3 Å². The molecule has 0 aliphatic heterocycles. The van der Waals surface area contributed by atoms with Crippen molar-refractivity contribution in [3.8, 4) is 11.5 Å². The maximum Gasteiger partial charge on any atom is 0.309 e. The predicted molar refractivity (Wildman–Crippen MR) is 90.1 cm³/mol. The first-order valence-electron chi connectivity index (χ1n) is 7.26. The zero-order chi connectivity index (χ0) is 16.8. The number of hydrogen-bond donors (Lipinski definition) is 1. The number of aliphatic carboxylic acids is 1. The number of aryl methyl sites for hydroxylation is 1. The highest BCUT2D eigenvalue weighted by atomic mass is 35.5. The molecule has 120 valence electrons. The molecule has 1 N–H and O–H groups in total. The van der Waals surface area contributed by atoms with Gasteiger partial charge in [0, 0.05) is 23.0 Å². The second kappa shape index (κ2) is 5.35. The van der Waals surface area contributed by atoms with E-state index in [4.69, 9.17) is 21.1 Å². The van der Waals surface area contributed by atoms with Crippen LogP contribution in [0.15, 0.2) is 40.8 Å².